The molecule has 0 aromatic carbocycles. The van der Waals surface area contributed by atoms with Gasteiger partial charge in [0.05, 0.1) is 18.8 Å². The summed E-state index contributed by atoms with van der Waals surface area (Å²) < 4.78 is 5.35. The van der Waals surface area contributed by atoms with Gasteiger partial charge >= 0.3 is 0 Å². The molecule has 6 heteroatoms. The Kier molecular flexibility index (Phi) is 7.08. The first-order chi connectivity index (χ1) is 12.5. The number of rotatable bonds is 8. The predicted molar refractivity (Wildman–Crippen MR) is 106 cm³/mol. The minimum Gasteiger partial charge on any atom is -0.383 e. The van der Waals surface area contributed by atoms with Gasteiger partial charge in [0, 0.05) is 31.6 Å². The average Bonchev–Trinajstić information content (AvgIpc) is 3.26. The molecular weight excluding hydrogens is 346 g/mol. The van der Waals surface area contributed by atoms with E-state index in [4.69, 9.17) is 9.72 Å². The molecular formula is C20H35N3O2S. The normalized spacial score (nSPS) is 24.6. The third kappa shape index (κ3) is 5.04. The van der Waals surface area contributed by atoms with Crippen molar-refractivity contribution in [2.45, 2.75) is 64.1 Å². The van der Waals surface area contributed by atoms with Gasteiger partial charge in [-0.3, -0.25) is 4.90 Å². The molecule has 1 N–H and O–H groups in total. The van der Waals surface area contributed by atoms with E-state index in [-0.39, 0.29) is 0 Å². The topological polar surface area (TPSA) is 48.8 Å². The molecule has 1 aromatic rings. The van der Waals surface area contributed by atoms with Crippen LogP contribution in [0.25, 0.3) is 0 Å². The second-order valence-corrected chi connectivity index (χ2v) is 9.35. The number of nitrogens with zero attached hydrogens (tertiary/aromatic N) is 3. The summed E-state index contributed by atoms with van der Waals surface area (Å²) in [7, 11) is 1.78. The maximum absolute atomic E-state index is 11.1. The fourth-order valence-corrected chi connectivity index (χ4v) is 5.01. The number of aliphatic hydroxyl groups is 1. The molecule has 3 heterocycles. The smallest absolute Gasteiger partial charge is 0.110 e. The molecule has 3 rings (SSSR count). The van der Waals surface area contributed by atoms with E-state index in [1.807, 2.05) is 0 Å². The fraction of sp³-hybridized carbons (Fsp3) is 0.850. The van der Waals surface area contributed by atoms with Crippen molar-refractivity contribution >= 4 is 11.3 Å². The van der Waals surface area contributed by atoms with Gasteiger partial charge in [0.2, 0.25) is 0 Å². The molecule has 2 fully saturated rings. The molecule has 1 atom stereocenters. The van der Waals surface area contributed by atoms with Crippen molar-refractivity contribution in [3.05, 3.63) is 16.1 Å². The number of likely N-dealkylation sites (tertiary alicyclic amines) is 2. The van der Waals surface area contributed by atoms with Gasteiger partial charge in [-0.25, -0.2) is 4.98 Å². The van der Waals surface area contributed by atoms with Gasteiger partial charge in [-0.2, -0.15) is 0 Å². The quantitative estimate of drug-likeness (QED) is 0.750. The molecule has 0 bridgehead atoms. The lowest BCUT2D eigenvalue weighted by Gasteiger charge is -2.37. The Morgan fingerprint density at radius 1 is 1.35 bits per heavy atom. The largest absolute Gasteiger partial charge is 0.383 e. The van der Waals surface area contributed by atoms with Gasteiger partial charge < -0.3 is 14.7 Å². The summed E-state index contributed by atoms with van der Waals surface area (Å²) in [4.78, 5) is 9.79. The third-order valence-electron chi connectivity index (χ3n) is 5.93. The highest BCUT2D eigenvalue weighted by atomic mass is 32.1. The highest BCUT2D eigenvalue weighted by molar-refractivity contribution is 7.09. The van der Waals surface area contributed by atoms with E-state index < -0.39 is 5.60 Å². The summed E-state index contributed by atoms with van der Waals surface area (Å²) in [6.45, 7) is 10.4. The van der Waals surface area contributed by atoms with Gasteiger partial charge in [0.25, 0.3) is 0 Å². The molecule has 26 heavy (non-hydrogen) atoms. The van der Waals surface area contributed by atoms with Gasteiger partial charge in [0.15, 0.2) is 0 Å². The second-order valence-electron chi connectivity index (χ2n) is 8.40. The van der Waals surface area contributed by atoms with Crippen LogP contribution in [0.2, 0.25) is 0 Å². The van der Waals surface area contributed by atoms with Crippen LogP contribution in [0.1, 0.15) is 56.7 Å². The molecule has 0 aliphatic carbocycles. The number of hydrogen-bond donors (Lipinski definition) is 1. The number of methoxy groups -OCH3 is 1. The first-order valence-corrected chi connectivity index (χ1v) is 11.0. The third-order valence-corrected chi connectivity index (χ3v) is 6.76. The Bertz CT molecular complexity index is 555. The zero-order valence-electron chi connectivity index (χ0n) is 16.6. The van der Waals surface area contributed by atoms with Crippen molar-refractivity contribution in [2.24, 2.45) is 5.92 Å². The van der Waals surface area contributed by atoms with E-state index >= 15 is 0 Å². The molecule has 148 valence electrons. The van der Waals surface area contributed by atoms with Crippen molar-refractivity contribution in [3.63, 3.8) is 0 Å². The Morgan fingerprint density at radius 2 is 2.12 bits per heavy atom. The summed E-state index contributed by atoms with van der Waals surface area (Å²) in [6, 6.07) is 0.514. The molecule has 0 spiro atoms. The zero-order chi connectivity index (χ0) is 18.6. The zero-order valence-corrected chi connectivity index (χ0v) is 17.4. The monoisotopic (exact) mass is 381 g/mol. The molecule has 0 saturated carbocycles. The standard InChI is InChI=1S/C20H35N3O2S/c1-16(2)6-10-22-11-7-20(24,8-12-22)18-15-26-19(21-18)13-23-9-4-5-17(23)14-25-3/h15-17,24H,4-14H2,1-3H3. The van der Waals surface area contributed by atoms with E-state index in [2.05, 4.69) is 29.0 Å². The number of piperidine rings is 1. The van der Waals surface area contributed by atoms with Crippen molar-refractivity contribution in [1.82, 2.24) is 14.8 Å². The minimum absolute atomic E-state index is 0.514. The van der Waals surface area contributed by atoms with Gasteiger partial charge in [0.1, 0.15) is 10.6 Å². The van der Waals surface area contributed by atoms with Gasteiger partial charge in [-0.15, -0.1) is 11.3 Å². The Labute approximate surface area is 162 Å². The first-order valence-electron chi connectivity index (χ1n) is 10.1. The van der Waals surface area contributed by atoms with Crippen molar-refractivity contribution < 1.29 is 9.84 Å². The summed E-state index contributed by atoms with van der Waals surface area (Å²) in [5.41, 5.74) is 0.156. The lowest BCUT2D eigenvalue weighted by molar-refractivity contribution is -0.0296. The van der Waals surface area contributed by atoms with Crippen LogP contribution in [-0.4, -0.2) is 65.8 Å². The van der Waals surface area contributed by atoms with Crippen LogP contribution in [0.5, 0.6) is 0 Å². The van der Waals surface area contributed by atoms with E-state index in [1.165, 1.54) is 19.3 Å². The van der Waals surface area contributed by atoms with Crippen molar-refractivity contribution in [2.75, 3.05) is 39.9 Å². The molecule has 2 aliphatic rings. The van der Waals surface area contributed by atoms with E-state index in [0.717, 1.165) is 68.8 Å². The maximum Gasteiger partial charge on any atom is 0.110 e. The summed E-state index contributed by atoms with van der Waals surface area (Å²) in [5.74, 6) is 0.740. The van der Waals surface area contributed by atoms with Crippen LogP contribution >= 0.6 is 11.3 Å². The SMILES string of the molecule is COCC1CCCN1Cc1nc(C2(O)CCN(CCC(C)C)CC2)cs1. The van der Waals surface area contributed by atoms with Crippen molar-refractivity contribution in [1.29, 1.82) is 0 Å². The fourth-order valence-electron chi connectivity index (χ4n) is 4.10. The van der Waals surface area contributed by atoms with Crippen LogP contribution in [0.4, 0.5) is 0 Å². The first kappa shape index (κ1) is 20.2. The highest BCUT2D eigenvalue weighted by Gasteiger charge is 2.36. The summed E-state index contributed by atoms with van der Waals surface area (Å²) >= 11 is 1.70. The Balaban J connectivity index is 1.54. The van der Waals surface area contributed by atoms with Crippen LogP contribution in [-0.2, 0) is 16.9 Å². The van der Waals surface area contributed by atoms with Crippen molar-refractivity contribution in [3.8, 4) is 0 Å². The molecule has 1 unspecified atom stereocenters. The lowest BCUT2D eigenvalue weighted by Crippen LogP contribution is -2.43. The number of hydrogen-bond acceptors (Lipinski definition) is 6. The van der Waals surface area contributed by atoms with Crippen LogP contribution in [0.3, 0.4) is 0 Å². The average molecular weight is 382 g/mol. The highest BCUT2D eigenvalue weighted by Crippen LogP contribution is 2.34. The molecule has 2 aliphatic heterocycles. The molecule has 5 nitrogen and oxygen atoms in total. The van der Waals surface area contributed by atoms with Crippen LogP contribution < -0.4 is 0 Å². The maximum atomic E-state index is 11.1. The van der Waals surface area contributed by atoms with E-state index in [0.29, 0.717) is 6.04 Å². The van der Waals surface area contributed by atoms with Crippen LogP contribution in [0.15, 0.2) is 5.38 Å². The van der Waals surface area contributed by atoms with E-state index in [9.17, 15) is 5.11 Å². The summed E-state index contributed by atoms with van der Waals surface area (Å²) in [6.07, 6.45) is 5.27. The lowest BCUT2D eigenvalue weighted by atomic mass is 9.88. The summed E-state index contributed by atoms with van der Waals surface area (Å²) in [5, 5.41) is 14.3. The number of ether oxygens (including phenoxy) is 1. The number of aromatic nitrogens is 1. The Hall–Kier alpha value is -0.530. The molecule has 2 saturated heterocycles. The molecule has 0 radical (unpaired) electrons. The van der Waals surface area contributed by atoms with E-state index in [1.54, 1.807) is 18.4 Å². The van der Waals surface area contributed by atoms with Crippen LogP contribution in [0, 0.1) is 5.92 Å². The number of thiazole rings is 1. The second kappa shape index (κ2) is 9.11. The Morgan fingerprint density at radius 3 is 2.81 bits per heavy atom. The minimum atomic E-state index is -0.736. The predicted octanol–water partition coefficient (Wildman–Crippen LogP) is 3.08. The molecule has 1 aromatic heterocycles. The van der Waals surface area contributed by atoms with Gasteiger partial charge in [-0.05, 0) is 51.1 Å². The molecule has 0 amide bonds. The van der Waals surface area contributed by atoms with Gasteiger partial charge in [-0.1, -0.05) is 13.8 Å².